The van der Waals surface area contributed by atoms with Gasteiger partial charge in [-0.2, -0.15) is 5.10 Å². The van der Waals surface area contributed by atoms with Crippen molar-refractivity contribution in [2.75, 3.05) is 19.6 Å². The summed E-state index contributed by atoms with van der Waals surface area (Å²) in [6.45, 7) is 6.26. The van der Waals surface area contributed by atoms with Gasteiger partial charge in [0.1, 0.15) is 5.15 Å². The van der Waals surface area contributed by atoms with Gasteiger partial charge in [-0.15, -0.1) is 12.4 Å². The Morgan fingerprint density at radius 1 is 1.43 bits per heavy atom. The number of amides is 1. The second-order valence-electron chi connectivity index (χ2n) is 5.80. The van der Waals surface area contributed by atoms with Crippen molar-refractivity contribution in [3.05, 3.63) is 16.4 Å². The highest BCUT2D eigenvalue weighted by molar-refractivity contribution is 6.33. The van der Waals surface area contributed by atoms with Crippen LogP contribution in [0.1, 0.15) is 48.7 Å². The third-order valence-electron chi connectivity index (χ3n) is 4.00. The number of likely N-dealkylation sites (tertiary alicyclic amines) is 1. The highest BCUT2D eigenvalue weighted by Crippen LogP contribution is 2.28. The van der Waals surface area contributed by atoms with Crippen LogP contribution >= 0.6 is 24.0 Å². The van der Waals surface area contributed by atoms with Crippen molar-refractivity contribution in [1.29, 1.82) is 0 Å². The van der Waals surface area contributed by atoms with E-state index in [-0.39, 0.29) is 24.2 Å². The van der Waals surface area contributed by atoms with Gasteiger partial charge in [-0.1, -0.05) is 25.4 Å². The average Bonchev–Trinajstić information content (AvgIpc) is 2.74. The topological polar surface area (TPSA) is 64.2 Å². The first-order valence-electron chi connectivity index (χ1n) is 7.17. The van der Waals surface area contributed by atoms with Crippen LogP contribution in [0.3, 0.4) is 0 Å². The molecule has 5 nitrogen and oxygen atoms in total. The molecule has 0 atom stereocenters. The van der Waals surface area contributed by atoms with Crippen LogP contribution in [0, 0.1) is 5.92 Å². The zero-order chi connectivity index (χ0) is 14.9. The van der Waals surface area contributed by atoms with Crippen LogP contribution < -0.4 is 5.73 Å². The molecule has 0 aliphatic carbocycles. The summed E-state index contributed by atoms with van der Waals surface area (Å²) in [5.41, 5.74) is 7.04. The Morgan fingerprint density at radius 3 is 2.48 bits per heavy atom. The highest BCUT2D eigenvalue weighted by atomic mass is 35.5. The summed E-state index contributed by atoms with van der Waals surface area (Å²) >= 11 is 6.26. The molecule has 0 saturated carbocycles. The number of nitrogens with zero attached hydrogens (tertiary/aromatic N) is 3. The van der Waals surface area contributed by atoms with Gasteiger partial charge in [0, 0.05) is 20.1 Å². The number of aryl methyl sites for hydroxylation is 1. The minimum atomic E-state index is 0. The summed E-state index contributed by atoms with van der Waals surface area (Å²) in [6, 6.07) is 0. The molecule has 0 unspecified atom stereocenters. The molecule has 7 heteroatoms. The lowest BCUT2D eigenvalue weighted by Gasteiger charge is -2.31. The Bertz CT molecular complexity index is 493. The first kappa shape index (κ1) is 18.3. The number of piperidine rings is 1. The largest absolute Gasteiger partial charge is 0.338 e. The van der Waals surface area contributed by atoms with Crippen LogP contribution in [0.15, 0.2) is 0 Å². The molecular weight excluding hydrogens is 311 g/mol. The fraction of sp³-hybridized carbons (Fsp3) is 0.714. The van der Waals surface area contributed by atoms with Gasteiger partial charge in [0.25, 0.3) is 5.91 Å². The fourth-order valence-electron chi connectivity index (χ4n) is 2.65. The Morgan fingerprint density at radius 2 is 2.00 bits per heavy atom. The molecule has 120 valence electrons. The summed E-state index contributed by atoms with van der Waals surface area (Å²) < 4.78 is 1.58. The molecule has 1 aliphatic rings. The third-order valence-corrected chi connectivity index (χ3v) is 4.43. The molecule has 1 amide bonds. The van der Waals surface area contributed by atoms with Crippen molar-refractivity contribution in [3.63, 3.8) is 0 Å². The highest BCUT2D eigenvalue weighted by Gasteiger charge is 2.29. The van der Waals surface area contributed by atoms with Crippen molar-refractivity contribution in [2.24, 2.45) is 18.7 Å². The number of hydrogen-bond donors (Lipinski definition) is 1. The number of nitrogens with two attached hydrogens (primary N) is 1. The van der Waals surface area contributed by atoms with E-state index in [4.69, 9.17) is 17.3 Å². The van der Waals surface area contributed by atoms with Gasteiger partial charge >= 0.3 is 0 Å². The van der Waals surface area contributed by atoms with Crippen LogP contribution in [0.4, 0.5) is 0 Å². The quantitative estimate of drug-likeness (QED) is 0.923. The van der Waals surface area contributed by atoms with E-state index in [1.54, 1.807) is 11.7 Å². The molecule has 21 heavy (non-hydrogen) atoms. The van der Waals surface area contributed by atoms with Gasteiger partial charge in [-0.3, -0.25) is 9.48 Å². The van der Waals surface area contributed by atoms with Gasteiger partial charge in [0.05, 0.1) is 11.3 Å². The van der Waals surface area contributed by atoms with Crippen molar-refractivity contribution in [1.82, 2.24) is 14.7 Å². The Kier molecular flexibility index (Phi) is 6.50. The molecule has 1 aliphatic heterocycles. The van der Waals surface area contributed by atoms with E-state index in [9.17, 15) is 4.79 Å². The number of aromatic nitrogens is 2. The third kappa shape index (κ3) is 3.71. The molecule has 1 aromatic rings. The Labute approximate surface area is 137 Å². The maximum absolute atomic E-state index is 12.7. The second kappa shape index (κ2) is 7.47. The Hall–Kier alpha value is -0.780. The van der Waals surface area contributed by atoms with E-state index in [2.05, 4.69) is 5.10 Å². The summed E-state index contributed by atoms with van der Waals surface area (Å²) in [6.07, 6.45) is 1.94. The lowest BCUT2D eigenvalue weighted by atomic mass is 9.96. The van der Waals surface area contributed by atoms with Crippen molar-refractivity contribution in [3.8, 4) is 0 Å². The molecule has 2 rings (SSSR count). The summed E-state index contributed by atoms with van der Waals surface area (Å²) in [5.74, 6) is 0.712. The normalized spacial score (nSPS) is 16.2. The van der Waals surface area contributed by atoms with E-state index in [0.29, 0.717) is 23.2 Å². The zero-order valence-corrected chi connectivity index (χ0v) is 14.4. The maximum Gasteiger partial charge on any atom is 0.258 e. The first-order valence-corrected chi connectivity index (χ1v) is 7.55. The van der Waals surface area contributed by atoms with Crippen molar-refractivity contribution < 1.29 is 4.79 Å². The molecule has 1 aromatic heterocycles. The summed E-state index contributed by atoms with van der Waals surface area (Å²) in [7, 11) is 1.77. The fourth-order valence-corrected chi connectivity index (χ4v) is 2.87. The minimum absolute atomic E-state index is 0. The number of rotatable bonds is 3. The summed E-state index contributed by atoms with van der Waals surface area (Å²) in [5, 5.41) is 4.80. The average molecular weight is 335 g/mol. The van der Waals surface area contributed by atoms with Crippen molar-refractivity contribution in [2.45, 2.75) is 32.6 Å². The lowest BCUT2D eigenvalue weighted by Crippen LogP contribution is -2.40. The summed E-state index contributed by atoms with van der Waals surface area (Å²) in [4.78, 5) is 14.6. The molecular formula is C14H24Cl2N4O. The number of carbonyl (C=O) groups is 1. The van der Waals surface area contributed by atoms with E-state index in [0.717, 1.165) is 31.6 Å². The lowest BCUT2D eigenvalue weighted by molar-refractivity contribution is 0.0692. The molecule has 2 N–H and O–H groups in total. The van der Waals surface area contributed by atoms with E-state index in [1.807, 2.05) is 18.7 Å². The van der Waals surface area contributed by atoms with Gasteiger partial charge in [-0.25, -0.2) is 0 Å². The van der Waals surface area contributed by atoms with Crippen LogP contribution in [0.25, 0.3) is 0 Å². The molecule has 1 saturated heterocycles. The molecule has 0 radical (unpaired) electrons. The number of hydrogen-bond acceptors (Lipinski definition) is 3. The van der Waals surface area contributed by atoms with E-state index in [1.165, 1.54) is 0 Å². The number of carbonyl (C=O) groups excluding carboxylic acids is 1. The minimum Gasteiger partial charge on any atom is -0.338 e. The first-order chi connectivity index (χ1) is 9.45. The van der Waals surface area contributed by atoms with E-state index < -0.39 is 0 Å². The standard InChI is InChI=1S/C14H23ClN4O.ClH/c1-9(2)12-11(13(15)18(3)17-12)14(20)19-6-4-10(8-16)5-7-19;/h9-10H,4-8,16H2,1-3H3;1H. The van der Waals surface area contributed by atoms with Crippen LogP contribution in [0.2, 0.25) is 5.15 Å². The number of halogens is 2. The predicted octanol–water partition coefficient (Wildman–Crippen LogP) is 2.43. The second-order valence-corrected chi connectivity index (χ2v) is 6.16. The smallest absolute Gasteiger partial charge is 0.258 e. The van der Waals surface area contributed by atoms with E-state index >= 15 is 0 Å². The molecule has 0 bridgehead atoms. The van der Waals surface area contributed by atoms with Crippen LogP contribution in [-0.2, 0) is 7.05 Å². The predicted molar refractivity (Wildman–Crippen MR) is 87.2 cm³/mol. The zero-order valence-electron chi connectivity index (χ0n) is 12.8. The molecule has 0 aromatic carbocycles. The van der Waals surface area contributed by atoms with Crippen molar-refractivity contribution >= 4 is 29.9 Å². The van der Waals surface area contributed by atoms with Crippen LogP contribution in [0.5, 0.6) is 0 Å². The van der Waals surface area contributed by atoms with Crippen LogP contribution in [-0.4, -0.2) is 40.2 Å². The molecule has 0 spiro atoms. The van der Waals surface area contributed by atoms with Gasteiger partial charge in [0.15, 0.2) is 0 Å². The van der Waals surface area contributed by atoms with Gasteiger partial charge in [-0.05, 0) is 31.2 Å². The van der Waals surface area contributed by atoms with Gasteiger partial charge in [0.2, 0.25) is 0 Å². The Balaban J connectivity index is 0.00000220. The molecule has 2 heterocycles. The van der Waals surface area contributed by atoms with Gasteiger partial charge < -0.3 is 10.6 Å². The SMILES string of the molecule is CC(C)c1nn(C)c(Cl)c1C(=O)N1CCC(CN)CC1.Cl. The maximum atomic E-state index is 12.7. The monoisotopic (exact) mass is 334 g/mol. The molecule has 1 fully saturated rings.